The van der Waals surface area contributed by atoms with Crippen LogP contribution in [0.5, 0.6) is 0 Å². The van der Waals surface area contributed by atoms with Crippen molar-refractivity contribution in [1.29, 1.82) is 0 Å². The molecule has 0 radical (unpaired) electrons. The van der Waals surface area contributed by atoms with Crippen LogP contribution in [0.2, 0.25) is 0 Å². The van der Waals surface area contributed by atoms with Crippen molar-refractivity contribution in [1.82, 2.24) is 35.5 Å². The first-order valence-electron chi connectivity index (χ1n) is 14.7. The Morgan fingerprint density at radius 1 is 1.17 bits per heavy atom. The maximum absolute atomic E-state index is 12.9. The van der Waals surface area contributed by atoms with Crippen LogP contribution < -0.4 is 20.9 Å². The van der Waals surface area contributed by atoms with Gasteiger partial charge >= 0.3 is 0 Å². The van der Waals surface area contributed by atoms with Gasteiger partial charge in [0, 0.05) is 55.9 Å². The van der Waals surface area contributed by atoms with Gasteiger partial charge in [-0.15, -0.1) is 0 Å². The molecule has 1 amide bonds. The van der Waals surface area contributed by atoms with Crippen molar-refractivity contribution >= 4 is 34.4 Å². The fraction of sp³-hybridized carbons (Fsp3) is 0.467. The highest BCUT2D eigenvalue weighted by atomic mass is 16.5. The first kappa shape index (κ1) is 26.7. The van der Waals surface area contributed by atoms with Gasteiger partial charge in [0.2, 0.25) is 0 Å². The van der Waals surface area contributed by atoms with Crippen LogP contribution in [0.1, 0.15) is 60.8 Å². The van der Waals surface area contributed by atoms with Crippen molar-refractivity contribution in [3.05, 3.63) is 59.8 Å². The normalized spacial score (nSPS) is 23.4. The maximum Gasteiger partial charge on any atom is 0.270 e. The summed E-state index contributed by atoms with van der Waals surface area (Å²) in [5.41, 5.74) is 11.1. The molecule has 1 spiro atoms. The number of carbonyl (C=O) groups is 1. The lowest BCUT2D eigenvalue weighted by Crippen LogP contribution is -2.50. The smallest absolute Gasteiger partial charge is 0.270 e. The predicted octanol–water partition coefficient (Wildman–Crippen LogP) is 3.05. The summed E-state index contributed by atoms with van der Waals surface area (Å²) in [7, 11) is 0. The number of nitrogens with zero attached hydrogens (tertiary/aromatic N) is 7. The Morgan fingerprint density at radius 3 is 2.79 bits per heavy atom. The number of fused-ring (bicyclic) bond motifs is 2. The van der Waals surface area contributed by atoms with E-state index in [0.717, 1.165) is 68.3 Å². The molecule has 3 atom stereocenters. The second-order valence-corrected chi connectivity index (χ2v) is 11.9. The van der Waals surface area contributed by atoms with Gasteiger partial charge in [0.25, 0.3) is 5.91 Å². The van der Waals surface area contributed by atoms with E-state index in [9.17, 15) is 4.79 Å². The van der Waals surface area contributed by atoms with E-state index in [1.54, 1.807) is 18.5 Å². The number of anilines is 3. The number of amides is 1. The molecule has 42 heavy (non-hydrogen) atoms. The zero-order valence-corrected chi connectivity index (χ0v) is 24.0. The highest BCUT2D eigenvalue weighted by molar-refractivity contribution is 5.93. The highest BCUT2D eigenvalue weighted by Gasteiger charge is 2.47. The van der Waals surface area contributed by atoms with E-state index in [1.165, 1.54) is 0 Å². The van der Waals surface area contributed by atoms with Crippen molar-refractivity contribution < 1.29 is 9.53 Å². The zero-order chi connectivity index (χ0) is 28.8. The van der Waals surface area contributed by atoms with Gasteiger partial charge in [-0.05, 0) is 49.9 Å². The molecule has 4 aromatic rings. The number of pyridine rings is 2. The molecule has 218 valence electrons. The van der Waals surface area contributed by atoms with E-state index in [4.69, 9.17) is 25.4 Å². The van der Waals surface area contributed by atoms with Gasteiger partial charge in [0.05, 0.1) is 30.3 Å². The number of hydrogen-bond acceptors (Lipinski definition) is 10. The molecule has 0 aliphatic carbocycles. The fourth-order valence-corrected chi connectivity index (χ4v) is 6.54. The molecule has 0 aromatic carbocycles. The standard InChI is InChI=1S/C30H36N10O2/c1-18-7-11-40(22-6-5-21(35-24(18)22)29(41)34-15-20-4-3-10-32-14-20)28-25-27(37-38-28)36-23(16-33-25)39-12-8-30(9-13-39)17-42-19(2)26(30)31/h3-6,10,14,16,18-19,26H,7-9,11-13,15,17,31H2,1-2H3,(H,34,41)(H,36,37,38)/t18-,19-,26+/m0/s1. The van der Waals surface area contributed by atoms with Crippen molar-refractivity contribution in [3.8, 4) is 0 Å². The molecule has 7 rings (SSSR count). The van der Waals surface area contributed by atoms with Crippen LogP contribution in [-0.4, -0.2) is 74.4 Å². The van der Waals surface area contributed by atoms with Crippen LogP contribution in [0, 0.1) is 5.41 Å². The summed E-state index contributed by atoms with van der Waals surface area (Å²) in [5, 5.41) is 10.7. The lowest BCUT2D eigenvalue weighted by Gasteiger charge is -2.41. The highest BCUT2D eigenvalue weighted by Crippen LogP contribution is 2.42. The van der Waals surface area contributed by atoms with Crippen molar-refractivity contribution in [2.24, 2.45) is 11.1 Å². The van der Waals surface area contributed by atoms with Crippen LogP contribution in [-0.2, 0) is 11.3 Å². The quantitative estimate of drug-likeness (QED) is 0.328. The molecule has 0 saturated carbocycles. The Morgan fingerprint density at radius 2 is 2.02 bits per heavy atom. The number of hydrogen-bond donors (Lipinski definition) is 3. The lowest BCUT2D eigenvalue weighted by atomic mass is 9.73. The molecule has 12 nitrogen and oxygen atoms in total. The SMILES string of the molecule is C[C@@H]1OCC2(CCN(c3cnc4c(N5CC[C@H](C)c6nc(C(=O)NCc7cccnc7)ccc65)n[nH]c4n3)CC2)[C@@H]1N. The third-order valence-electron chi connectivity index (χ3n) is 9.28. The molecule has 0 bridgehead atoms. The number of ether oxygens (including phenoxy) is 1. The molecule has 4 N–H and O–H groups in total. The molecule has 2 fully saturated rings. The number of nitrogens with two attached hydrogens (primary N) is 1. The van der Waals surface area contributed by atoms with E-state index in [-0.39, 0.29) is 29.4 Å². The van der Waals surface area contributed by atoms with Gasteiger partial charge in [-0.25, -0.2) is 15.0 Å². The lowest BCUT2D eigenvalue weighted by molar-refractivity contribution is 0.0945. The third kappa shape index (κ3) is 4.64. The van der Waals surface area contributed by atoms with Crippen LogP contribution in [0.15, 0.2) is 42.9 Å². The number of aromatic nitrogens is 6. The second kappa shape index (κ2) is 10.6. The third-order valence-corrected chi connectivity index (χ3v) is 9.28. The molecular formula is C30H36N10O2. The largest absolute Gasteiger partial charge is 0.376 e. The molecule has 7 heterocycles. The molecular weight excluding hydrogens is 532 g/mol. The summed E-state index contributed by atoms with van der Waals surface area (Å²) in [6.07, 6.45) is 8.23. The number of H-pyrrole nitrogens is 1. The van der Waals surface area contributed by atoms with Gasteiger partial charge < -0.3 is 25.6 Å². The second-order valence-electron chi connectivity index (χ2n) is 11.9. The summed E-state index contributed by atoms with van der Waals surface area (Å²) in [6.45, 7) is 7.84. The topological polar surface area (TPSA) is 151 Å². The Bertz CT molecular complexity index is 1600. The van der Waals surface area contributed by atoms with Gasteiger partial charge in [0.1, 0.15) is 11.5 Å². The minimum atomic E-state index is -0.213. The minimum absolute atomic E-state index is 0.0569. The monoisotopic (exact) mass is 568 g/mol. The van der Waals surface area contributed by atoms with Crippen molar-refractivity contribution in [2.45, 2.75) is 57.7 Å². The van der Waals surface area contributed by atoms with Crippen LogP contribution in [0.4, 0.5) is 17.3 Å². The average molecular weight is 569 g/mol. The molecule has 0 unspecified atom stereocenters. The van der Waals surface area contributed by atoms with Gasteiger partial charge in [-0.2, -0.15) is 5.10 Å². The fourth-order valence-electron chi connectivity index (χ4n) is 6.54. The number of carbonyl (C=O) groups excluding carboxylic acids is 1. The summed E-state index contributed by atoms with van der Waals surface area (Å²) in [5.74, 6) is 1.54. The Hall–Kier alpha value is -4.16. The predicted molar refractivity (Wildman–Crippen MR) is 159 cm³/mol. The zero-order valence-electron chi connectivity index (χ0n) is 24.0. The average Bonchev–Trinajstić information content (AvgIpc) is 3.57. The summed E-state index contributed by atoms with van der Waals surface area (Å²) < 4.78 is 5.88. The molecule has 3 aliphatic rings. The van der Waals surface area contributed by atoms with Crippen molar-refractivity contribution in [3.63, 3.8) is 0 Å². The molecule has 3 aliphatic heterocycles. The van der Waals surface area contributed by atoms with Gasteiger partial charge in [-0.3, -0.25) is 14.9 Å². The van der Waals surface area contributed by atoms with Crippen LogP contribution in [0.25, 0.3) is 11.2 Å². The number of rotatable bonds is 5. The van der Waals surface area contributed by atoms with Gasteiger partial charge in [0.15, 0.2) is 17.0 Å². The summed E-state index contributed by atoms with van der Waals surface area (Å²) in [6, 6.07) is 7.58. The van der Waals surface area contributed by atoms with E-state index >= 15 is 0 Å². The molecule has 2 saturated heterocycles. The van der Waals surface area contributed by atoms with Crippen LogP contribution in [0.3, 0.4) is 0 Å². The molecule has 12 heteroatoms. The Kier molecular flexibility index (Phi) is 6.74. The van der Waals surface area contributed by atoms with Gasteiger partial charge in [-0.1, -0.05) is 13.0 Å². The minimum Gasteiger partial charge on any atom is -0.376 e. The number of aromatic amines is 1. The summed E-state index contributed by atoms with van der Waals surface area (Å²) >= 11 is 0. The van der Waals surface area contributed by atoms with E-state index in [0.29, 0.717) is 29.2 Å². The van der Waals surface area contributed by atoms with Crippen molar-refractivity contribution in [2.75, 3.05) is 36.0 Å². The molecule has 4 aromatic heterocycles. The van der Waals surface area contributed by atoms with E-state index in [1.807, 2.05) is 24.4 Å². The Labute approximate surface area is 244 Å². The number of piperidine rings is 1. The Balaban J connectivity index is 1.09. The summed E-state index contributed by atoms with van der Waals surface area (Å²) in [4.78, 5) is 35.9. The van der Waals surface area contributed by atoms with E-state index < -0.39 is 0 Å². The van der Waals surface area contributed by atoms with E-state index in [2.05, 4.69) is 44.1 Å². The number of nitrogens with one attached hydrogen (secondary N) is 2. The maximum atomic E-state index is 12.9. The first-order chi connectivity index (χ1) is 20.4. The van der Waals surface area contributed by atoms with Crippen LogP contribution >= 0.6 is 0 Å². The first-order valence-corrected chi connectivity index (χ1v) is 14.7.